The van der Waals surface area contributed by atoms with E-state index in [9.17, 15) is 0 Å². The van der Waals surface area contributed by atoms with Crippen molar-refractivity contribution in [2.24, 2.45) is 5.92 Å². The molecule has 6 aliphatic carbocycles. The number of aromatic nitrogens is 3. The Bertz CT molecular complexity index is 4220. The van der Waals surface area contributed by atoms with Crippen molar-refractivity contribution < 1.29 is 0 Å². The molecule has 3 nitrogen and oxygen atoms in total. The van der Waals surface area contributed by atoms with Crippen LogP contribution in [0, 0.1) is 5.92 Å². The third-order valence-electron chi connectivity index (χ3n) is 20.9. The molecule has 1 aromatic heterocycles. The van der Waals surface area contributed by atoms with Crippen LogP contribution in [0.25, 0.3) is 89.8 Å². The van der Waals surface area contributed by atoms with Gasteiger partial charge in [0.15, 0.2) is 17.5 Å². The molecule has 1 heterocycles. The molecule has 3 fully saturated rings. The minimum atomic E-state index is -0.121. The predicted octanol–water partition coefficient (Wildman–Crippen LogP) is 19.4. The largest absolute Gasteiger partial charge is 0.208 e. The molecule has 6 bridgehead atoms. The lowest BCUT2D eigenvalue weighted by atomic mass is 9.40. The Morgan fingerprint density at radius 3 is 1.17 bits per heavy atom. The van der Waals surface area contributed by atoms with E-state index in [1.165, 1.54) is 95.0 Å². The number of rotatable bonds is 5. The first-order valence-electron chi connectivity index (χ1n) is 29.7. The molecule has 6 aliphatic rings. The summed E-state index contributed by atoms with van der Waals surface area (Å²) < 4.78 is 0. The average Bonchev–Trinajstić information content (AvgIpc) is 1.88. The first-order chi connectivity index (χ1) is 40.1. The van der Waals surface area contributed by atoms with Crippen LogP contribution in [0.3, 0.4) is 0 Å². The molecule has 7 unspecified atom stereocenters. The molecular formula is C78H61N3. The van der Waals surface area contributed by atoms with Gasteiger partial charge in [-0.05, 0) is 164 Å². The lowest BCUT2D eigenvalue weighted by molar-refractivity contribution is 0.00246. The molecule has 3 spiro atoms. The maximum absolute atomic E-state index is 5.03. The van der Waals surface area contributed by atoms with Gasteiger partial charge in [-0.1, -0.05) is 249 Å². The Hall–Kier alpha value is -8.79. The second-order valence-corrected chi connectivity index (χ2v) is 24.7. The van der Waals surface area contributed by atoms with E-state index in [2.05, 4.69) is 212 Å². The van der Waals surface area contributed by atoms with Crippen molar-refractivity contribution in [2.75, 3.05) is 0 Å². The van der Waals surface area contributed by atoms with Gasteiger partial charge >= 0.3 is 0 Å². The first kappa shape index (κ1) is 47.1. The Morgan fingerprint density at radius 1 is 0.259 bits per heavy atom. The van der Waals surface area contributed by atoms with Crippen LogP contribution in [0.5, 0.6) is 0 Å². The Balaban J connectivity index is 0.839. The van der Waals surface area contributed by atoms with E-state index in [0.29, 0.717) is 41.1 Å². The van der Waals surface area contributed by atoms with Crippen molar-refractivity contribution in [2.45, 2.75) is 85.4 Å². The summed E-state index contributed by atoms with van der Waals surface area (Å²) in [4.78, 5) is 15.0. The van der Waals surface area contributed by atoms with Gasteiger partial charge in [-0.3, -0.25) is 0 Å². The fourth-order valence-corrected chi connectivity index (χ4v) is 18.1. The van der Waals surface area contributed by atoms with Crippen molar-refractivity contribution in [3.63, 3.8) is 0 Å². The number of fused-ring (bicyclic) bond motifs is 15. The van der Waals surface area contributed by atoms with Crippen LogP contribution in [0.15, 0.2) is 249 Å². The zero-order chi connectivity index (χ0) is 53.3. The third kappa shape index (κ3) is 7.03. The molecule has 11 aromatic rings. The summed E-state index contributed by atoms with van der Waals surface area (Å²) in [6.45, 7) is 0. The molecule has 7 atom stereocenters. The van der Waals surface area contributed by atoms with Gasteiger partial charge in [0.25, 0.3) is 0 Å². The molecule has 0 N–H and O–H groups in total. The highest BCUT2D eigenvalue weighted by atomic mass is 15.0. The highest BCUT2D eigenvalue weighted by molar-refractivity contribution is 5.90. The summed E-state index contributed by atoms with van der Waals surface area (Å²) in [6.07, 6.45) is 9.45. The molecule has 17 rings (SSSR count). The molecule has 0 aliphatic heterocycles. The van der Waals surface area contributed by atoms with E-state index < -0.39 is 0 Å². The van der Waals surface area contributed by atoms with Gasteiger partial charge in [0.05, 0.1) is 0 Å². The summed E-state index contributed by atoms with van der Waals surface area (Å²) in [5.74, 6) is 3.66. The van der Waals surface area contributed by atoms with Crippen LogP contribution >= 0.6 is 0 Å². The standard InChI is InChI=1S/C78H61N3/c1-3-18-53(19-4-1)72-79-73(54-20-5-2-6-21-54)81-74(80-72)55-40-36-51(37-41-55)50-34-38-52(39-35-50)62-30-17-33-70-71(62)67-29-12-9-24-61(67)58-48-77(70)45-43-56-46-76(68-31-15-13-27-65(68)63-25-10-7-22-59(56)63)44-42-57-47-78(49-58,75(76)77)69-32-16-14-28-66(69)64-26-11-8-23-60(57)64/h1-41,56-58,75H,42-49H2. The second kappa shape index (κ2) is 18.1. The van der Waals surface area contributed by atoms with E-state index in [1.807, 2.05) is 36.4 Å². The van der Waals surface area contributed by atoms with Crippen LogP contribution < -0.4 is 0 Å². The van der Waals surface area contributed by atoms with Crippen molar-refractivity contribution in [3.8, 4) is 89.8 Å². The van der Waals surface area contributed by atoms with Crippen molar-refractivity contribution in [1.29, 1.82) is 0 Å². The summed E-state index contributed by atoms with van der Waals surface area (Å²) >= 11 is 0. The molecule has 0 radical (unpaired) electrons. The van der Waals surface area contributed by atoms with Gasteiger partial charge in [0, 0.05) is 32.9 Å². The van der Waals surface area contributed by atoms with Crippen molar-refractivity contribution in [1.82, 2.24) is 15.0 Å². The van der Waals surface area contributed by atoms with Crippen LogP contribution in [-0.2, 0) is 16.2 Å². The quantitative estimate of drug-likeness (QED) is 0.172. The summed E-state index contributed by atoms with van der Waals surface area (Å²) in [6, 6.07) is 94.8. The van der Waals surface area contributed by atoms with Crippen LogP contribution in [0.1, 0.15) is 103 Å². The average molecular weight is 1040 g/mol. The SMILES string of the molecule is c1ccc(-c2nc(-c3ccccc3)nc(-c3ccc(-c4ccc(-c5cccc6c5-c5ccccc5C5CC78CC(CCC9%10CC(CCC6(C5)C97)c5ccccc5-c5ccccc5%10)c5ccccc5-c5ccccc58)cc4)cc3)n2)cc1. The maximum Gasteiger partial charge on any atom is 0.164 e. The maximum atomic E-state index is 5.03. The van der Waals surface area contributed by atoms with Crippen molar-refractivity contribution in [3.05, 3.63) is 282 Å². The number of hydrogen-bond acceptors (Lipinski definition) is 3. The molecule has 10 aromatic carbocycles. The normalized spacial score (nSPS) is 24.0. The fraction of sp³-hybridized carbons (Fsp3) is 0.192. The monoisotopic (exact) mass is 1040 g/mol. The Labute approximate surface area is 475 Å². The smallest absolute Gasteiger partial charge is 0.164 e. The second-order valence-electron chi connectivity index (χ2n) is 24.7. The summed E-state index contributed by atoms with van der Waals surface area (Å²) in [5.41, 5.74) is 25.9. The zero-order valence-corrected chi connectivity index (χ0v) is 45.5. The van der Waals surface area contributed by atoms with Gasteiger partial charge in [-0.25, -0.2) is 15.0 Å². The molecule has 81 heavy (non-hydrogen) atoms. The van der Waals surface area contributed by atoms with E-state index in [1.54, 1.807) is 33.4 Å². The van der Waals surface area contributed by atoms with Crippen LogP contribution in [0.4, 0.5) is 0 Å². The molecule has 3 heteroatoms. The van der Waals surface area contributed by atoms with Gasteiger partial charge in [0.1, 0.15) is 0 Å². The summed E-state index contributed by atoms with van der Waals surface area (Å²) in [5, 5.41) is 0. The highest BCUT2D eigenvalue weighted by Crippen LogP contribution is 2.76. The highest BCUT2D eigenvalue weighted by Gasteiger charge is 2.69. The fourth-order valence-electron chi connectivity index (χ4n) is 18.1. The number of nitrogens with zero attached hydrogens (tertiary/aromatic N) is 3. The van der Waals surface area contributed by atoms with Crippen LogP contribution in [0.2, 0.25) is 0 Å². The molecule has 0 saturated heterocycles. The molecule has 388 valence electrons. The molecule has 0 amide bonds. The van der Waals surface area contributed by atoms with E-state index in [0.717, 1.165) is 28.7 Å². The molecular weight excluding hydrogens is 979 g/mol. The lowest BCUT2D eigenvalue weighted by Gasteiger charge is -2.63. The van der Waals surface area contributed by atoms with E-state index >= 15 is 0 Å². The summed E-state index contributed by atoms with van der Waals surface area (Å²) in [7, 11) is 0. The Kier molecular flexibility index (Phi) is 10.5. The van der Waals surface area contributed by atoms with Gasteiger partial charge < -0.3 is 0 Å². The minimum Gasteiger partial charge on any atom is -0.208 e. The van der Waals surface area contributed by atoms with E-state index in [4.69, 9.17) is 15.0 Å². The van der Waals surface area contributed by atoms with Gasteiger partial charge in [-0.2, -0.15) is 0 Å². The number of hydrogen-bond donors (Lipinski definition) is 0. The Morgan fingerprint density at radius 2 is 0.617 bits per heavy atom. The minimum absolute atomic E-state index is 0.0746. The van der Waals surface area contributed by atoms with Crippen LogP contribution in [-0.4, -0.2) is 15.0 Å². The zero-order valence-electron chi connectivity index (χ0n) is 45.5. The predicted molar refractivity (Wildman–Crippen MR) is 330 cm³/mol. The van der Waals surface area contributed by atoms with Gasteiger partial charge in [-0.15, -0.1) is 0 Å². The third-order valence-corrected chi connectivity index (χ3v) is 20.9. The van der Waals surface area contributed by atoms with Crippen molar-refractivity contribution >= 4 is 0 Å². The van der Waals surface area contributed by atoms with Gasteiger partial charge in [0.2, 0.25) is 0 Å². The first-order valence-corrected chi connectivity index (χ1v) is 29.7. The lowest BCUT2D eigenvalue weighted by Crippen LogP contribution is -2.60. The topological polar surface area (TPSA) is 38.7 Å². The van der Waals surface area contributed by atoms with E-state index in [-0.39, 0.29) is 16.2 Å². The molecule has 3 saturated carbocycles. The number of benzene rings is 10.